The van der Waals surface area contributed by atoms with Crippen LogP contribution in [0.25, 0.3) is 0 Å². The predicted molar refractivity (Wildman–Crippen MR) is 66.5 cm³/mol. The third kappa shape index (κ3) is 3.42. The lowest BCUT2D eigenvalue weighted by Gasteiger charge is -2.01. The van der Waals surface area contributed by atoms with Crippen LogP contribution >= 0.6 is 0 Å². The van der Waals surface area contributed by atoms with Gasteiger partial charge in [0.15, 0.2) is 0 Å². The highest BCUT2D eigenvalue weighted by Gasteiger charge is 2.02. The minimum Gasteiger partial charge on any atom is -0.337 e. The highest BCUT2D eigenvalue weighted by atomic mass is 15.2. The summed E-state index contributed by atoms with van der Waals surface area (Å²) in [6.45, 7) is 2.92. The first-order valence-corrected chi connectivity index (χ1v) is 5.87. The molecule has 2 aromatic heterocycles. The summed E-state index contributed by atoms with van der Waals surface area (Å²) < 4.78 is 3.93. The Bertz CT molecular complexity index is 469. The summed E-state index contributed by atoms with van der Waals surface area (Å²) in [6, 6.07) is 0.164. The second-order valence-corrected chi connectivity index (χ2v) is 4.56. The largest absolute Gasteiger partial charge is 0.337 e. The number of nitrogens with two attached hydrogens (primary N) is 1. The molecule has 5 heteroatoms. The molecule has 0 aromatic carbocycles. The Kier molecular flexibility index (Phi) is 3.58. The fourth-order valence-corrected chi connectivity index (χ4v) is 1.82. The average Bonchev–Trinajstić information content (AvgIpc) is 2.84. The molecular formula is C12H19N5. The molecule has 0 aliphatic rings. The van der Waals surface area contributed by atoms with E-state index in [0.717, 1.165) is 25.1 Å². The molecule has 2 rings (SSSR count). The zero-order chi connectivity index (χ0) is 12.3. The summed E-state index contributed by atoms with van der Waals surface area (Å²) in [7, 11) is 1.93. The zero-order valence-corrected chi connectivity index (χ0v) is 10.4. The van der Waals surface area contributed by atoms with Crippen LogP contribution in [0, 0.1) is 0 Å². The van der Waals surface area contributed by atoms with E-state index in [4.69, 9.17) is 5.73 Å². The van der Waals surface area contributed by atoms with E-state index in [0.29, 0.717) is 0 Å². The molecule has 0 fully saturated rings. The number of nitrogens with zero attached hydrogens (tertiary/aromatic N) is 4. The molecule has 0 radical (unpaired) electrons. The Hall–Kier alpha value is -1.62. The van der Waals surface area contributed by atoms with Crippen LogP contribution in [0.1, 0.15) is 18.2 Å². The molecule has 0 saturated carbocycles. The summed E-state index contributed by atoms with van der Waals surface area (Å²) in [5.74, 6) is 0. The second kappa shape index (κ2) is 5.14. The molecule has 0 aliphatic carbocycles. The Morgan fingerprint density at radius 2 is 2.24 bits per heavy atom. The molecule has 17 heavy (non-hydrogen) atoms. The van der Waals surface area contributed by atoms with E-state index in [1.807, 2.05) is 37.4 Å². The smallest absolute Gasteiger partial charge is 0.0949 e. The van der Waals surface area contributed by atoms with Crippen molar-refractivity contribution < 1.29 is 0 Å². The van der Waals surface area contributed by atoms with E-state index in [-0.39, 0.29) is 6.04 Å². The molecule has 0 spiro atoms. The van der Waals surface area contributed by atoms with Crippen LogP contribution in [0.3, 0.4) is 0 Å². The third-order valence-corrected chi connectivity index (χ3v) is 2.63. The van der Waals surface area contributed by atoms with Gasteiger partial charge in [0, 0.05) is 38.4 Å². The van der Waals surface area contributed by atoms with Crippen LogP contribution in [0.5, 0.6) is 0 Å². The van der Waals surface area contributed by atoms with Crippen molar-refractivity contribution in [3.8, 4) is 0 Å². The number of aromatic nitrogens is 4. The minimum atomic E-state index is 0.164. The molecule has 5 nitrogen and oxygen atoms in total. The predicted octanol–water partition coefficient (Wildman–Crippen LogP) is 0.749. The van der Waals surface area contributed by atoms with E-state index in [9.17, 15) is 0 Å². The van der Waals surface area contributed by atoms with Crippen LogP contribution in [-0.4, -0.2) is 25.4 Å². The van der Waals surface area contributed by atoms with E-state index in [2.05, 4.69) is 20.8 Å². The van der Waals surface area contributed by atoms with Crippen LogP contribution in [-0.2, 0) is 26.4 Å². The Morgan fingerprint density at radius 3 is 2.88 bits per heavy atom. The Balaban J connectivity index is 1.89. The van der Waals surface area contributed by atoms with Gasteiger partial charge in [0.25, 0.3) is 0 Å². The molecule has 0 aliphatic heterocycles. The van der Waals surface area contributed by atoms with Crippen molar-refractivity contribution in [3.05, 3.63) is 36.2 Å². The van der Waals surface area contributed by atoms with Gasteiger partial charge in [0.05, 0.1) is 18.2 Å². The molecule has 92 valence electrons. The first-order valence-electron chi connectivity index (χ1n) is 5.87. The van der Waals surface area contributed by atoms with Crippen molar-refractivity contribution in [2.24, 2.45) is 12.8 Å². The number of aryl methyl sites for hydroxylation is 3. The maximum Gasteiger partial charge on any atom is 0.0949 e. The van der Waals surface area contributed by atoms with Gasteiger partial charge in [-0.2, -0.15) is 5.10 Å². The lowest BCUT2D eigenvalue weighted by molar-refractivity contribution is 0.690. The minimum absolute atomic E-state index is 0.164. The van der Waals surface area contributed by atoms with Gasteiger partial charge < -0.3 is 10.3 Å². The van der Waals surface area contributed by atoms with Gasteiger partial charge in [-0.3, -0.25) is 4.68 Å². The summed E-state index contributed by atoms with van der Waals surface area (Å²) in [5.41, 5.74) is 8.05. The van der Waals surface area contributed by atoms with Gasteiger partial charge in [-0.05, 0) is 18.9 Å². The van der Waals surface area contributed by atoms with E-state index >= 15 is 0 Å². The van der Waals surface area contributed by atoms with Gasteiger partial charge in [0.2, 0.25) is 0 Å². The molecule has 0 saturated heterocycles. The number of imidazole rings is 1. The Morgan fingerprint density at radius 1 is 1.41 bits per heavy atom. The summed E-state index contributed by atoms with van der Waals surface area (Å²) in [4.78, 5) is 4.34. The first kappa shape index (κ1) is 11.9. The number of hydrogen-bond acceptors (Lipinski definition) is 3. The SMILES string of the molecule is CC(N)Cc1cn(CCc2cnn(C)c2)cn1. The second-order valence-electron chi connectivity index (χ2n) is 4.56. The van der Waals surface area contributed by atoms with Crippen LogP contribution in [0.15, 0.2) is 24.9 Å². The molecule has 2 N–H and O–H groups in total. The highest BCUT2D eigenvalue weighted by molar-refractivity contribution is 5.04. The molecule has 2 heterocycles. The van der Waals surface area contributed by atoms with Crippen LogP contribution in [0.4, 0.5) is 0 Å². The molecule has 1 atom stereocenters. The monoisotopic (exact) mass is 233 g/mol. The lowest BCUT2D eigenvalue weighted by atomic mass is 10.2. The number of hydrogen-bond donors (Lipinski definition) is 1. The maximum absolute atomic E-state index is 5.74. The summed E-state index contributed by atoms with van der Waals surface area (Å²) >= 11 is 0. The average molecular weight is 233 g/mol. The van der Waals surface area contributed by atoms with Crippen molar-refractivity contribution >= 4 is 0 Å². The quantitative estimate of drug-likeness (QED) is 0.829. The molecule has 0 bridgehead atoms. The molecule has 1 unspecified atom stereocenters. The highest BCUT2D eigenvalue weighted by Crippen LogP contribution is 2.03. The summed E-state index contributed by atoms with van der Waals surface area (Å²) in [5, 5.41) is 4.15. The summed E-state index contributed by atoms with van der Waals surface area (Å²) in [6.07, 6.45) is 9.69. The standard InChI is InChI=1S/C12H19N5/c1-10(13)5-12-8-17(9-14-12)4-3-11-6-15-16(2)7-11/h6-10H,3-5,13H2,1-2H3. The molecule has 2 aromatic rings. The van der Waals surface area contributed by atoms with Gasteiger partial charge >= 0.3 is 0 Å². The van der Waals surface area contributed by atoms with Gasteiger partial charge in [-0.25, -0.2) is 4.98 Å². The van der Waals surface area contributed by atoms with Crippen LogP contribution < -0.4 is 5.73 Å². The van der Waals surface area contributed by atoms with Gasteiger partial charge in [-0.15, -0.1) is 0 Å². The Labute approximate surface area is 101 Å². The van der Waals surface area contributed by atoms with E-state index < -0.39 is 0 Å². The van der Waals surface area contributed by atoms with Crippen molar-refractivity contribution in [3.63, 3.8) is 0 Å². The fourth-order valence-electron chi connectivity index (χ4n) is 1.82. The number of rotatable bonds is 5. The fraction of sp³-hybridized carbons (Fsp3) is 0.500. The van der Waals surface area contributed by atoms with Crippen molar-refractivity contribution in [2.75, 3.05) is 0 Å². The normalized spacial score (nSPS) is 12.9. The van der Waals surface area contributed by atoms with Crippen LogP contribution in [0.2, 0.25) is 0 Å². The molecule has 0 amide bonds. The van der Waals surface area contributed by atoms with E-state index in [1.54, 1.807) is 0 Å². The zero-order valence-electron chi connectivity index (χ0n) is 10.4. The van der Waals surface area contributed by atoms with Crippen molar-refractivity contribution in [1.29, 1.82) is 0 Å². The van der Waals surface area contributed by atoms with Crippen molar-refractivity contribution in [1.82, 2.24) is 19.3 Å². The van der Waals surface area contributed by atoms with Gasteiger partial charge in [0.1, 0.15) is 0 Å². The topological polar surface area (TPSA) is 61.7 Å². The third-order valence-electron chi connectivity index (χ3n) is 2.63. The first-order chi connectivity index (χ1) is 8.13. The van der Waals surface area contributed by atoms with Crippen molar-refractivity contribution in [2.45, 2.75) is 32.4 Å². The lowest BCUT2D eigenvalue weighted by Crippen LogP contribution is -2.17. The maximum atomic E-state index is 5.74. The van der Waals surface area contributed by atoms with E-state index in [1.165, 1.54) is 5.56 Å². The molecular weight excluding hydrogens is 214 g/mol. The van der Waals surface area contributed by atoms with Gasteiger partial charge in [-0.1, -0.05) is 0 Å².